The number of esters is 2. The van der Waals surface area contributed by atoms with Crippen molar-refractivity contribution in [2.24, 2.45) is 0 Å². The zero-order valence-corrected chi connectivity index (χ0v) is 15.0. The van der Waals surface area contributed by atoms with Crippen LogP contribution in [-0.4, -0.2) is 18.1 Å². The van der Waals surface area contributed by atoms with Crippen LogP contribution in [0.5, 0.6) is 0 Å². The zero-order chi connectivity index (χ0) is 18.9. The molecule has 0 aliphatic carbocycles. The smallest absolute Gasteiger partial charge is 0.356 e. The second kappa shape index (κ2) is 9.51. The maximum atomic E-state index is 12.3. The third-order valence-corrected chi connectivity index (χ3v) is 3.81. The van der Waals surface area contributed by atoms with Gasteiger partial charge in [-0.2, -0.15) is 0 Å². The van der Waals surface area contributed by atoms with Gasteiger partial charge in [0.05, 0.1) is 11.1 Å². The zero-order valence-electron chi connectivity index (χ0n) is 15.0. The molecule has 0 bridgehead atoms. The molecule has 0 aliphatic rings. The Labute approximate surface area is 152 Å². The maximum Gasteiger partial charge on any atom is 0.524 e. The molecule has 5 heteroatoms. The Hall–Kier alpha value is -2.95. The van der Waals surface area contributed by atoms with Gasteiger partial charge in [-0.25, -0.2) is 14.4 Å². The first kappa shape index (κ1) is 19.4. The molecule has 0 amide bonds. The Bertz CT molecular complexity index is 780. The minimum atomic E-state index is -1.33. The summed E-state index contributed by atoms with van der Waals surface area (Å²) in [4.78, 5) is 35.9. The Morgan fingerprint density at radius 1 is 0.808 bits per heavy atom. The summed E-state index contributed by atoms with van der Waals surface area (Å²) in [5.41, 5.74) is 2.48. The largest absolute Gasteiger partial charge is 0.524 e. The molecule has 2 aromatic rings. The predicted octanol–water partition coefficient (Wildman–Crippen LogP) is 4.73. The summed E-state index contributed by atoms with van der Waals surface area (Å²) >= 11 is 0. The summed E-state index contributed by atoms with van der Waals surface area (Å²) in [6.45, 7) is 4.09. The third kappa shape index (κ3) is 5.28. The van der Waals surface area contributed by atoms with Crippen molar-refractivity contribution in [1.29, 1.82) is 0 Å². The molecule has 0 radical (unpaired) electrons. The van der Waals surface area contributed by atoms with Crippen LogP contribution >= 0.6 is 0 Å². The molecule has 2 aromatic carbocycles. The Morgan fingerprint density at radius 2 is 1.46 bits per heavy atom. The van der Waals surface area contributed by atoms with Gasteiger partial charge in [0.1, 0.15) is 0 Å². The molecule has 0 aliphatic heterocycles. The number of hydrogen-bond acceptors (Lipinski definition) is 5. The number of benzene rings is 2. The first-order chi connectivity index (χ1) is 12.5. The van der Waals surface area contributed by atoms with Gasteiger partial charge in [-0.3, -0.25) is 0 Å². The summed E-state index contributed by atoms with van der Waals surface area (Å²) < 4.78 is 9.26. The average molecular weight is 354 g/mol. The maximum absolute atomic E-state index is 12.3. The van der Waals surface area contributed by atoms with Crippen molar-refractivity contribution in [1.82, 2.24) is 0 Å². The van der Waals surface area contributed by atoms with Crippen LogP contribution in [0.3, 0.4) is 0 Å². The Kier molecular flexibility index (Phi) is 7.09. The molecule has 0 fully saturated rings. The average Bonchev–Trinajstić information content (AvgIpc) is 2.63. The first-order valence-corrected chi connectivity index (χ1v) is 8.70. The highest BCUT2D eigenvalue weighted by molar-refractivity contribution is 6.01. The second-order valence-corrected chi connectivity index (χ2v) is 5.89. The van der Waals surface area contributed by atoms with Crippen molar-refractivity contribution < 1.29 is 23.9 Å². The lowest BCUT2D eigenvalue weighted by Crippen LogP contribution is -2.19. The molecule has 26 heavy (non-hydrogen) atoms. The van der Waals surface area contributed by atoms with E-state index in [4.69, 9.17) is 4.74 Å². The van der Waals surface area contributed by atoms with E-state index in [-0.39, 0.29) is 5.56 Å². The summed E-state index contributed by atoms with van der Waals surface area (Å²) in [6.07, 6.45) is 2.14. The number of carbonyl (C=O) groups excluding carboxylic acids is 3. The number of hydrogen-bond donors (Lipinski definition) is 0. The number of ether oxygens (including phenoxy) is 2. The van der Waals surface area contributed by atoms with Gasteiger partial charge in [0, 0.05) is 0 Å². The van der Waals surface area contributed by atoms with Crippen LogP contribution in [0, 0.1) is 0 Å². The van der Waals surface area contributed by atoms with Gasteiger partial charge in [-0.15, -0.1) is 0 Å². The molecule has 2 rings (SSSR count). The van der Waals surface area contributed by atoms with E-state index in [0.29, 0.717) is 12.0 Å². The minimum Gasteiger partial charge on any atom is -0.356 e. The molecular formula is C21H22O5. The topological polar surface area (TPSA) is 69.7 Å². The molecule has 0 saturated heterocycles. The molecule has 5 nitrogen and oxygen atoms in total. The highest BCUT2D eigenvalue weighted by Gasteiger charge is 2.21. The predicted molar refractivity (Wildman–Crippen MR) is 97.1 cm³/mol. The van der Waals surface area contributed by atoms with Crippen LogP contribution in [-0.2, 0) is 22.3 Å². The Morgan fingerprint density at radius 3 is 2.12 bits per heavy atom. The molecule has 0 saturated carbocycles. The van der Waals surface area contributed by atoms with Gasteiger partial charge >= 0.3 is 18.1 Å². The lowest BCUT2D eigenvalue weighted by molar-refractivity contribution is 0.0337. The van der Waals surface area contributed by atoms with Crippen LogP contribution in [0.1, 0.15) is 58.5 Å². The summed E-state index contributed by atoms with van der Waals surface area (Å²) in [7, 11) is 0. The minimum absolute atomic E-state index is 0.201. The lowest BCUT2D eigenvalue weighted by atomic mass is 9.98. The third-order valence-electron chi connectivity index (χ3n) is 3.81. The van der Waals surface area contributed by atoms with E-state index in [0.717, 1.165) is 30.4 Å². The number of rotatable bonds is 6. The highest BCUT2D eigenvalue weighted by atomic mass is 16.8. The van der Waals surface area contributed by atoms with Crippen molar-refractivity contribution in [3.8, 4) is 0 Å². The van der Waals surface area contributed by atoms with Crippen molar-refractivity contribution in [2.45, 2.75) is 39.5 Å². The van der Waals surface area contributed by atoms with E-state index >= 15 is 0 Å². The van der Waals surface area contributed by atoms with Gasteiger partial charge in [-0.1, -0.05) is 57.0 Å². The molecule has 0 atom stereocenters. The highest BCUT2D eigenvalue weighted by Crippen LogP contribution is 2.17. The van der Waals surface area contributed by atoms with Crippen LogP contribution in [0.25, 0.3) is 0 Å². The Balaban J connectivity index is 2.06. The van der Waals surface area contributed by atoms with Crippen LogP contribution in [0.15, 0.2) is 48.5 Å². The van der Waals surface area contributed by atoms with E-state index < -0.39 is 18.1 Å². The van der Waals surface area contributed by atoms with Gasteiger partial charge < -0.3 is 9.47 Å². The van der Waals surface area contributed by atoms with Crippen LogP contribution in [0.4, 0.5) is 4.79 Å². The summed E-state index contributed by atoms with van der Waals surface area (Å²) in [6, 6.07) is 13.5. The van der Waals surface area contributed by atoms with Crippen molar-refractivity contribution in [3.05, 3.63) is 70.8 Å². The van der Waals surface area contributed by atoms with Gasteiger partial charge in [0.15, 0.2) is 0 Å². The van der Waals surface area contributed by atoms with E-state index in [2.05, 4.69) is 11.7 Å². The van der Waals surface area contributed by atoms with Gasteiger partial charge in [0.25, 0.3) is 0 Å². The fourth-order valence-corrected chi connectivity index (χ4v) is 2.63. The molecule has 0 spiro atoms. The van der Waals surface area contributed by atoms with Gasteiger partial charge in [0.2, 0.25) is 0 Å². The quantitative estimate of drug-likeness (QED) is 0.554. The monoisotopic (exact) mass is 354 g/mol. The fourth-order valence-electron chi connectivity index (χ4n) is 2.63. The fraction of sp³-hybridized carbons (Fsp3) is 0.286. The number of aryl methyl sites for hydroxylation is 2. The normalized spacial score (nSPS) is 10.2. The molecular weight excluding hydrogens is 332 g/mol. The molecule has 0 heterocycles. The van der Waals surface area contributed by atoms with Crippen LogP contribution < -0.4 is 0 Å². The molecule has 136 valence electrons. The van der Waals surface area contributed by atoms with E-state index in [1.807, 2.05) is 19.1 Å². The molecule has 0 unspecified atom stereocenters. The van der Waals surface area contributed by atoms with Crippen molar-refractivity contribution in [3.63, 3.8) is 0 Å². The second-order valence-electron chi connectivity index (χ2n) is 5.89. The van der Waals surface area contributed by atoms with E-state index in [9.17, 15) is 14.4 Å². The summed E-state index contributed by atoms with van der Waals surface area (Å²) in [5, 5.41) is 0. The number of carbonyl (C=O) groups is 3. The van der Waals surface area contributed by atoms with Crippen LogP contribution in [0.2, 0.25) is 0 Å². The van der Waals surface area contributed by atoms with Gasteiger partial charge in [-0.05, 0) is 42.2 Å². The summed E-state index contributed by atoms with van der Waals surface area (Å²) in [5.74, 6) is -1.68. The van der Waals surface area contributed by atoms with E-state index in [1.54, 1.807) is 24.3 Å². The SMILES string of the molecule is CCCc1ccc(C(=O)OC(=O)OC(=O)c2ccccc2)c(CCC)c1. The standard InChI is InChI=1S/C21H22O5/c1-3-8-15-12-13-18(17(14-15)9-4-2)20(23)26-21(24)25-19(22)16-10-6-5-7-11-16/h5-7,10-14H,3-4,8-9H2,1-2H3. The van der Waals surface area contributed by atoms with E-state index in [1.165, 1.54) is 12.1 Å². The van der Waals surface area contributed by atoms with Crippen molar-refractivity contribution >= 4 is 18.1 Å². The molecule has 0 N–H and O–H groups in total. The first-order valence-electron chi connectivity index (χ1n) is 8.70. The molecule has 0 aromatic heterocycles. The van der Waals surface area contributed by atoms with Crippen molar-refractivity contribution in [2.75, 3.05) is 0 Å². The lowest BCUT2D eigenvalue weighted by Gasteiger charge is -2.10.